The molecular weight excluding hydrogens is 350 g/mol. The summed E-state index contributed by atoms with van der Waals surface area (Å²) in [7, 11) is -4.34. The molecule has 1 aromatic carbocycles. The molecule has 7 nitrogen and oxygen atoms in total. The van der Waals surface area contributed by atoms with E-state index in [1.165, 1.54) is 34.8 Å². The average molecular weight is 368 g/mol. The van der Waals surface area contributed by atoms with E-state index in [1.54, 1.807) is 12.1 Å². The summed E-state index contributed by atoms with van der Waals surface area (Å²) >= 11 is 5.95. The van der Waals surface area contributed by atoms with Gasteiger partial charge in [0.05, 0.1) is 5.02 Å². The molecule has 0 N–H and O–H groups in total. The van der Waals surface area contributed by atoms with Crippen LogP contribution in [0.25, 0.3) is 0 Å². The van der Waals surface area contributed by atoms with Crippen molar-refractivity contribution < 1.29 is 16.8 Å². The van der Waals surface area contributed by atoms with Crippen LogP contribution in [0.5, 0.6) is 0 Å². The Morgan fingerprint density at radius 3 is 1.95 bits per heavy atom. The van der Waals surface area contributed by atoms with Gasteiger partial charge in [-0.2, -0.15) is 21.3 Å². The Hall–Kier alpha value is -0.710. The maximum Gasteiger partial charge on any atom is 0.281 e. The third-order valence-corrected chi connectivity index (χ3v) is 7.78. The van der Waals surface area contributed by atoms with Crippen LogP contribution in [0.4, 0.5) is 0 Å². The maximum atomic E-state index is 12.6. The Kier molecular flexibility index (Phi) is 5.15. The van der Waals surface area contributed by atoms with Crippen molar-refractivity contribution in [3.8, 4) is 0 Å². The molecule has 0 aromatic heterocycles. The van der Waals surface area contributed by atoms with E-state index in [2.05, 4.69) is 0 Å². The van der Waals surface area contributed by atoms with E-state index in [9.17, 15) is 16.8 Å². The first kappa shape index (κ1) is 17.6. The van der Waals surface area contributed by atoms with E-state index in [0.29, 0.717) is 0 Å². The number of benzene rings is 1. The number of halogens is 1. The van der Waals surface area contributed by atoms with Crippen LogP contribution >= 0.6 is 11.6 Å². The molecule has 0 atom stereocenters. The molecule has 1 heterocycles. The van der Waals surface area contributed by atoms with Gasteiger partial charge in [-0.1, -0.05) is 23.7 Å². The van der Waals surface area contributed by atoms with Crippen molar-refractivity contribution in [2.24, 2.45) is 0 Å². The van der Waals surface area contributed by atoms with Crippen molar-refractivity contribution >= 4 is 31.8 Å². The number of piperazine rings is 1. The summed E-state index contributed by atoms with van der Waals surface area (Å²) < 4.78 is 52.8. The Bertz CT molecular complexity index is 741. The summed E-state index contributed by atoms with van der Waals surface area (Å²) in [6, 6.07) is 6.22. The van der Waals surface area contributed by atoms with E-state index < -0.39 is 20.2 Å². The van der Waals surface area contributed by atoms with Gasteiger partial charge in [-0.3, -0.25) is 0 Å². The van der Waals surface area contributed by atoms with Gasteiger partial charge in [-0.05, 0) is 12.1 Å². The van der Waals surface area contributed by atoms with Crippen molar-refractivity contribution in [1.29, 1.82) is 0 Å². The van der Waals surface area contributed by atoms with Gasteiger partial charge in [0, 0.05) is 40.3 Å². The first-order valence-electron chi connectivity index (χ1n) is 6.59. The minimum atomic E-state index is -3.72. The summed E-state index contributed by atoms with van der Waals surface area (Å²) in [6.45, 7) is 0.426. The van der Waals surface area contributed by atoms with Crippen molar-refractivity contribution in [2.75, 3.05) is 40.3 Å². The minimum absolute atomic E-state index is 0.0422. The molecule has 10 heteroatoms. The molecule has 0 saturated carbocycles. The summed E-state index contributed by atoms with van der Waals surface area (Å²) in [5, 5.41) is 0.158. The third-order valence-electron chi connectivity index (χ3n) is 3.44. The summed E-state index contributed by atoms with van der Waals surface area (Å²) in [6.07, 6.45) is 0. The number of hydrogen-bond acceptors (Lipinski definition) is 4. The predicted molar refractivity (Wildman–Crippen MR) is 84.4 cm³/mol. The van der Waals surface area contributed by atoms with Gasteiger partial charge in [-0.15, -0.1) is 0 Å². The lowest BCUT2D eigenvalue weighted by molar-refractivity contribution is 0.262. The molecular formula is C12H18ClN3O4S2. The minimum Gasteiger partial charge on any atom is -0.207 e. The summed E-state index contributed by atoms with van der Waals surface area (Å²) in [5.74, 6) is 0. The zero-order valence-corrected chi connectivity index (χ0v) is 14.7. The standard InChI is InChI=1S/C12H18ClN3O4S2/c1-14(2)22(19,20)16-9-7-15(8-10-16)21(17,18)12-6-4-3-5-11(12)13/h3-6H,7-10H2,1-2H3. The molecule has 124 valence electrons. The van der Waals surface area contributed by atoms with Crippen molar-refractivity contribution in [3.05, 3.63) is 29.3 Å². The van der Waals surface area contributed by atoms with Gasteiger partial charge in [0.2, 0.25) is 10.0 Å². The fourth-order valence-electron chi connectivity index (χ4n) is 2.16. The highest BCUT2D eigenvalue weighted by Crippen LogP contribution is 2.25. The van der Waals surface area contributed by atoms with Gasteiger partial charge in [0.1, 0.15) is 4.90 Å². The van der Waals surface area contributed by atoms with Crippen molar-refractivity contribution in [3.63, 3.8) is 0 Å². The molecule has 0 radical (unpaired) electrons. The van der Waals surface area contributed by atoms with E-state index in [1.807, 2.05) is 0 Å². The van der Waals surface area contributed by atoms with Crippen LogP contribution in [0.2, 0.25) is 5.02 Å². The largest absolute Gasteiger partial charge is 0.281 e. The fraction of sp³-hybridized carbons (Fsp3) is 0.500. The monoisotopic (exact) mass is 367 g/mol. The van der Waals surface area contributed by atoms with Gasteiger partial charge >= 0.3 is 0 Å². The van der Waals surface area contributed by atoms with Gasteiger partial charge in [0.15, 0.2) is 0 Å². The first-order valence-corrected chi connectivity index (χ1v) is 9.81. The number of nitrogens with zero attached hydrogens (tertiary/aromatic N) is 3. The highest BCUT2D eigenvalue weighted by Gasteiger charge is 2.34. The Morgan fingerprint density at radius 2 is 1.45 bits per heavy atom. The molecule has 0 bridgehead atoms. The Morgan fingerprint density at radius 1 is 0.955 bits per heavy atom. The number of sulfonamides is 1. The predicted octanol–water partition coefficient (Wildman–Crippen LogP) is 0.453. The van der Waals surface area contributed by atoms with E-state index in [-0.39, 0.29) is 36.1 Å². The quantitative estimate of drug-likeness (QED) is 0.774. The lowest BCUT2D eigenvalue weighted by Gasteiger charge is -2.34. The second kappa shape index (κ2) is 6.42. The molecule has 1 aromatic rings. The van der Waals surface area contributed by atoms with E-state index in [4.69, 9.17) is 11.6 Å². The summed E-state index contributed by atoms with van der Waals surface area (Å²) in [4.78, 5) is 0.0422. The molecule has 1 saturated heterocycles. The van der Waals surface area contributed by atoms with Crippen molar-refractivity contribution in [1.82, 2.24) is 12.9 Å². The SMILES string of the molecule is CN(C)S(=O)(=O)N1CCN(S(=O)(=O)c2ccccc2Cl)CC1. The van der Waals surface area contributed by atoms with Crippen LogP contribution in [-0.4, -0.2) is 70.0 Å². The molecule has 2 rings (SSSR count). The lowest BCUT2D eigenvalue weighted by Crippen LogP contribution is -2.52. The van der Waals surface area contributed by atoms with Gasteiger partial charge in [-0.25, -0.2) is 8.42 Å². The van der Waals surface area contributed by atoms with Crippen molar-refractivity contribution in [2.45, 2.75) is 4.90 Å². The zero-order chi connectivity index (χ0) is 16.5. The molecule has 1 fully saturated rings. The molecule has 0 aliphatic carbocycles. The van der Waals surface area contributed by atoms with Gasteiger partial charge < -0.3 is 0 Å². The maximum absolute atomic E-state index is 12.6. The lowest BCUT2D eigenvalue weighted by atomic mass is 10.4. The van der Waals surface area contributed by atoms with Crippen LogP contribution in [0.15, 0.2) is 29.2 Å². The molecule has 0 amide bonds. The molecule has 0 unspecified atom stereocenters. The van der Waals surface area contributed by atoms with Crippen LogP contribution in [0.3, 0.4) is 0 Å². The van der Waals surface area contributed by atoms with Crippen LogP contribution in [0, 0.1) is 0 Å². The topological polar surface area (TPSA) is 78.0 Å². The molecule has 1 aliphatic heterocycles. The zero-order valence-electron chi connectivity index (χ0n) is 12.3. The average Bonchev–Trinajstić information content (AvgIpc) is 2.47. The smallest absolute Gasteiger partial charge is 0.207 e. The molecule has 0 spiro atoms. The van der Waals surface area contributed by atoms with Crippen LogP contribution < -0.4 is 0 Å². The third kappa shape index (κ3) is 3.29. The first-order chi connectivity index (χ1) is 10.2. The fourth-order valence-corrected chi connectivity index (χ4v) is 5.17. The van der Waals surface area contributed by atoms with Gasteiger partial charge in [0.25, 0.3) is 10.2 Å². The second-order valence-corrected chi connectivity index (χ2v) is 9.48. The molecule has 1 aliphatic rings. The Labute approximate surface area is 136 Å². The van der Waals surface area contributed by atoms with Crippen LogP contribution in [0.1, 0.15) is 0 Å². The second-order valence-electron chi connectivity index (χ2n) is 5.02. The number of rotatable bonds is 4. The summed E-state index contributed by atoms with van der Waals surface area (Å²) in [5.41, 5.74) is 0. The van der Waals surface area contributed by atoms with Crippen LogP contribution in [-0.2, 0) is 20.2 Å². The van der Waals surface area contributed by atoms with E-state index >= 15 is 0 Å². The molecule has 22 heavy (non-hydrogen) atoms. The highest BCUT2D eigenvalue weighted by molar-refractivity contribution is 7.89. The van der Waals surface area contributed by atoms with E-state index in [0.717, 1.165) is 4.31 Å². The highest BCUT2D eigenvalue weighted by atomic mass is 35.5. The normalized spacial score (nSPS) is 18.7. The Balaban J connectivity index is 2.17. The number of hydrogen-bond donors (Lipinski definition) is 0.